The van der Waals surface area contributed by atoms with Gasteiger partial charge >= 0.3 is 5.97 Å². The zero-order valence-electron chi connectivity index (χ0n) is 16.0. The maximum atomic E-state index is 14.1. The summed E-state index contributed by atoms with van der Waals surface area (Å²) in [5.41, 5.74) is 2.42. The van der Waals surface area contributed by atoms with Crippen LogP contribution in [0.25, 0.3) is 10.9 Å². The minimum absolute atomic E-state index is 0.0382. The number of benzene rings is 2. The van der Waals surface area contributed by atoms with Crippen molar-refractivity contribution in [1.82, 2.24) is 10.3 Å². The van der Waals surface area contributed by atoms with E-state index in [1.807, 2.05) is 13.1 Å². The van der Waals surface area contributed by atoms with Crippen molar-refractivity contribution in [3.8, 4) is 5.75 Å². The monoisotopic (exact) mass is 400 g/mol. The number of hydrogen-bond donors (Lipinski definition) is 3. The lowest BCUT2D eigenvalue weighted by Gasteiger charge is -2.33. The Balaban J connectivity index is 1.40. The van der Waals surface area contributed by atoms with Crippen LogP contribution in [0.2, 0.25) is 0 Å². The fourth-order valence-corrected chi connectivity index (χ4v) is 3.95. The van der Waals surface area contributed by atoms with Gasteiger partial charge in [0.1, 0.15) is 11.9 Å². The maximum Gasteiger partial charge on any atom is 0.336 e. The van der Waals surface area contributed by atoms with E-state index in [-0.39, 0.29) is 29.3 Å². The van der Waals surface area contributed by atoms with E-state index in [0.717, 1.165) is 35.4 Å². The highest BCUT2D eigenvalue weighted by Crippen LogP contribution is 2.33. The summed E-state index contributed by atoms with van der Waals surface area (Å²) >= 11 is 0. The van der Waals surface area contributed by atoms with Gasteiger partial charge in [0, 0.05) is 28.7 Å². The van der Waals surface area contributed by atoms with E-state index in [4.69, 9.17) is 4.74 Å². The van der Waals surface area contributed by atoms with Crippen molar-refractivity contribution < 1.29 is 23.4 Å². The molecule has 0 saturated heterocycles. The van der Waals surface area contributed by atoms with E-state index in [9.17, 15) is 18.7 Å². The van der Waals surface area contributed by atoms with Gasteiger partial charge < -0.3 is 20.1 Å². The van der Waals surface area contributed by atoms with Crippen LogP contribution < -0.4 is 10.1 Å². The Bertz CT molecular complexity index is 1060. The Kier molecular flexibility index (Phi) is 5.24. The predicted molar refractivity (Wildman–Crippen MR) is 106 cm³/mol. The minimum atomic E-state index is -1.09. The van der Waals surface area contributed by atoms with Gasteiger partial charge in [-0.15, -0.1) is 0 Å². The van der Waals surface area contributed by atoms with Crippen LogP contribution in [0, 0.1) is 11.6 Å². The molecule has 4 rings (SSSR count). The van der Waals surface area contributed by atoms with E-state index >= 15 is 0 Å². The van der Waals surface area contributed by atoms with Crippen LogP contribution in [0.1, 0.15) is 34.8 Å². The molecule has 0 aliphatic carbocycles. The second-order valence-electron chi connectivity index (χ2n) is 7.40. The highest BCUT2D eigenvalue weighted by atomic mass is 19.1. The number of H-pyrrole nitrogens is 1. The number of aryl methyl sites for hydroxylation is 1. The summed E-state index contributed by atoms with van der Waals surface area (Å²) in [6.45, 7) is 2.52. The second-order valence-corrected chi connectivity index (χ2v) is 7.40. The first-order valence-electron chi connectivity index (χ1n) is 9.64. The number of hydrogen-bond acceptors (Lipinski definition) is 3. The Labute approximate surface area is 166 Å². The number of aromatic carboxylic acids is 1. The zero-order chi connectivity index (χ0) is 20.5. The largest absolute Gasteiger partial charge is 0.486 e. The molecule has 0 saturated carbocycles. The van der Waals surface area contributed by atoms with Gasteiger partial charge in [-0.3, -0.25) is 0 Å². The number of rotatable bonds is 6. The number of fused-ring (bicyclic) bond motifs is 2. The molecule has 152 valence electrons. The number of nitrogens with one attached hydrogen (secondary N) is 2. The predicted octanol–water partition coefficient (Wildman–Crippen LogP) is 4.06. The van der Waals surface area contributed by atoms with E-state index < -0.39 is 11.8 Å². The van der Waals surface area contributed by atoms with Crippen molar-refractivity contribution in [2.75, 3.05) is 6.54 Å². The molecule has 0 radical (unpaired) electrons. The standard InChI is InChI=1S/C22H22F2N2O3/c1-12-20(10-17-15(22(27)28)5-6-18(24)21(17)29-12)25-8-2-3-13-11-26-19-7-4-14(23)9-16(13)19/h4-7,9,11-12,20,25-26H,2-3,8,10H2,1H3,(H,27,28). The van der Waals surface area contributed by atoms with E-state index in [1.54, 1.807) is 6.07 Å². The fourth-order valence-electron chi connectivity index (χ4n) is 3.95. The highest BCUT2D eigenvalue weighted by Gasteiger charge is 2.31. The summed E-state index contributed by atoms with van der Waals surface area (Å²) < 4.78 is 33.3. The molecule has 2 unspecified atom stereocenters. The lowest BCUT2D eigenvalue weighted by atomic mass is 9.93. The molecule has 2 heterocycles. The molecule has 0 fully saturated rings. The summed E-state index contributed by atoms with van der Waals surface area (Å²) in [5.74, 6) is -1.85. The molecule has 7 heteroatoms. The first kappa shape index (κ1) is 19.4. The molecule has 0 amide bonds. The molecule has 2 aromatic carbocycles. The molecule has 1 aliphatic rings. The molecule has 2 atom stereocenters. The molecule has 3 aromatic rings. The van der Waals surface area contributed by atoms with Gasteiger partial charge in [-0.2, -0.15) is 0 Å². The number of carbonyl (C=O) groups is 1. The molecule has 3 N–H and O–H groups in total. The number of aromatic amines is 1. The number of ether oxygens (including phenoxy) is 1. The smallest absolute Gasteiger partial charge is 0.336 e. The number of carboxylic acid groups (broad SMARTS) is 1. The van der Waals surface area contributed by atoms with Crippen LogP contribution in [0.4, 0.5) is 8.78 Å². The molecule has 0 spiro atoms. The van der Waals surface area contributed by atoms with Crippen LogP contribution in [0.15, 0.2) is 36.5 Å². The van der Waals surface area contributed by atoms with Gasteiger partial charge in [0.05, 0.1) is 5.56 Å². The first-order valence-corrected chi connectivity index (χ1v) is 9.64. The summed E-state index contributed by atoms with van der Waals surface area (Å²) in [6, 6.07) is 6.98. The Hall–Kier alpha value is -2.93. The molecule has 29 heavy (non-hydrogen) atoms. The van der Waals surface area contributed by atoms with Gasteiger partial charge in [-0.05, 0) is 68.6 Å². The average Bonchev–Trinajstić information content (AvgIpc) is 3.08. The Morgan fingerprint density at radius 2 is 2.14 bits per heavy atom. The van der Waals surface area contributed by atoms with Crippen LogP contribution in [0.3, 0.4) is 0 Å². The van der Waals surface area contributed by atoms with Crippen molar-refractivity contribution >= 4 is 16.9 Å². The van der Waals surface area contributed by atoms with Crippen molar-refractivity contribution in [2.45, 2.75) is 38.3 Å². The van der Waals surface area contributed by atoms with E-state index in [0.29, 0.717) is 18.5 Å². The molecule has 0 bridgehead atoms. The first-order chi connectivity index (χ1) is 13.9. The minimum Gasteiger partial charge on any atom is -0.486 e. The average molecular weight is 400 g/mol. The quantitative estimate of drug-likeness (QED) is 0.546. The molecular weight excluding hydrogens is 378 g/mol. The van der Waals surface area contributed by atoms with Gasteiger partial charge in [-0.1, -0.05) is 0 Å². The molecule has 1 aromatic heterocycles. The van der Waals surface area contributed by atoms with Crippen LogP contribution in [-0.2, 0) is 12.8 Å². The van der Waals surface area contributed by atoms with Crippen LogP contribution in [0.5, 0.6) is 5.75 Å². The van der Waals surface area contributed by atoms with Crippen molar-refractivity contribution in [2.24, 2.45) is 0 Å². The lowest BCUT2D eigenvalue weighted by molar-refractivity contribution is 0.0690. The van der Waals surface area contributed by atoms with E-state index in [2.05, 4.69) is 10.3 Å². The molecular formula is C22H22F2N2O3. The normalized spacial score (nSPS) is 18.4. The van der Waals surface area contributed by atoms with Crippen molar-refractivity contribution in [3.63, 3.8) is 0 Å². The van der Waals surface area contributed by atoms with Crippen LogP contribution in [-0.4, -0.2) is 34.8 Å². The third-order valence-electron chi connectivity index (χ3n) is 5.50. The summed E-state index contributed by atoms with van der Waals surface area (Å²) in [4.78, 5) is 14.6. The summed E-state index contributed by atoms with van der Waals surface area (Å²) in [7, 11) is 0. The Morgan fingerprint density at radius 3 is 2.93 bits per heavy atom. The SMILES string of the molecule is CC1Oc2c(F)ccc(C(=O)O)c2CC1NCCCc1c[nH]c2ccc(F)cc12. The molecule has 5 nitrogen and oxygen atoms in total. The van der Waals surface area contributed by atoms with Gasteiger partial charge in [0.15, 0.2) is 11.6 Å². The fraction of sp³-hybridized carbons (Fsp3) is 0.318. The van der Waals surface area contributed by atoms with Crippen molar-refractivity contribution in [1.29, 1.82) is 0 Å². The number of aromatic nitrogens is 1. The topological polar surface area (TPSA) is 74.3 Å². The number of halogens is 2. The zero-order valence-corrected chi connectivity index (χ0v) is 16.0. The number of carboxylic acids is 1. The summed E-state index contributed by atoms with van der Waals surface area (Å²) in [6.07, 6.45) is 3.57. The third-order valence-corrected chi connectivity index (χ3v) is 5.50. The Morgan fingerprint density at radius 1 is 1.31 bits per heavy atom. The maximum absolute atomic E-state index is 14.1. The van der Waals surface area contributed by atoms with Gasteiger partial charge in [0.25, 0.3) is 0 Å². The van der Waals surface area contributed by atoms with Crippen molar-refractivity contribution in [3.05, 3.63) is 64.9 Å². The third kappa shape index (κ3) is 3.82. The van der Waals surface area contributed by atoms with Gasteiger partial charge in [0.2, 0.25) is 0 Å². The van der Waals surface area contributed by atoms with Crippen LogP contribution >= 0.6 is 0 Å². The second kappa shape index (κ2) is 7.83. The van der Waals surface area contributed by atoms with E-state index in [1.165, 1.54) is 18.2 Å². The molecule has 1 aliphatic heterocycles. The van der Waals surface area contributed by atoms with Gasteiger partial charge in [-0.25, -0.2) is 13.6 Å². The lowest BCUT2D eigenvalue weighted by Crippen LogP contribution is -2.46. The highest BCUT2D eigenvalue weighted by molar-refractivity contribution is 5.90. The summed E-state index contributed by atoms with van der Waals surface area (Å²) in [5, 5.41) is 13.7.